The van der Waals surface area contributed by atoms with Crippen molar-refractivity contribution in [1.29, 1.82) is 0 Å². The van der Waals surface area contributed by atoms with Crippen molar-refractivity contribution in [1.82, 2.24) is 4.98 Å². The first-order valence-electron chi connectivity index (χ1n) is 5.10. The van der Waals surface area contributed by atoms with E-state index in [4.69, 9.17) is 9.29 Å². The molecule has 108 valence electrons. The number of hydrogen-bond donors (Lipinski definition) is 1. The molecule has 2 unspecified atom stereocenters. The predicted molar refractivity (Wildman–Crippen MR) is 60.3 cm³/mol. The zero-order valence-corrected chi connectivity index (χ0v) is 10.9. The van der Waals surface area contributed by atoms with Gasteiger partial charge in [-0.2, -0.15) is 21.6 Å². The van der Waals surface area contributed by atoms with Crippen LogP contribution in [0.25, 0.3) is 0 Å². The number of hydrogen-bond acceptors (Lipinski definition) is 4. The van der Waals surface area contributed by atoms with Crippen LogP contribution in [0.1, 0.15) is 17.9 Å². The average Bonchev–Trinajstić information content (AvgIpc) is 2.27. The molecule has 2 atom stereocenters. The van der Waals surface area contributed by atoms with Crippen molar-refractivity contribution in [2.24, 2.45) is 5.92 Å². The first-order chi connectivity index (χ1) is 8.57. The minimum atomic E-state index is -4.94. The van der Waals surface area contributed by atoms with Gasteiger partial charge in [0.2, 0.25) is 0 Å². The van der Waals surface area contributed by atoms with Crippen LogP contribution in [0, 0.1) is 5.92 Å². The van der Waals surface area contributed by atoms with Crippen LogP contribution in [-0.4, -0.2) is 31.2 Å². The van der Waals surface area contributed by atoms with E-state index in [-0.39, 0.29) is 5.75 Å². The van der Waals surface area contributed by atoms with Crippen LogP contribution < -0.4 is 4.74 Å². The highest BCUT2D eigenvalue weighted by molar-refractivity contribution is 7.86. The third-order valence-electron chi connectivity index (χ3n) is 2.58. The Labute approximate surface area is 108 Å². The Bertz CT molecular complexity index is 527. The van der Waals surface area contributed by atoms with Gasteiger partial charge in [-0.15, -0.1) is 0 Å². The van der Waals surface area contributed by atoms with Crippen LogP contribution in [0.2, 0.25) is 0 Å². The Morgan fingerprint density at radius 1 is 1.37 bits per heavy atom. The highest BCUT2D eigenvalue weighted by atomic mass is 32.2. The summed E-state index contributed by atoms with van der Waals surface area (Å²) >= 11 is 0. The quantitative estimate of drug-likeness (QED) is 0.863. The second-order valence-corrected chi connectivity index (χ2v) is 5.43. The molecule has 1 heterocycles. The lowest BCUT2D eigenvalue weighted by molar-refractivity contribution is -0.170. The van der Waals surface area contributed by atoms with Gasteiger partial charge in [0.15, 0.2) is 0 Å². The van der Waals surface area contributed by atoms with Crippen molar-refractivity contribution in [3.8, 4) is 5.75 Å². The number of methoxy groups -OCH3 is 1. The Balaban J connectivity index is 3.25. The van der Waals surface area contributed by atoms with Gasteiger partial charge in [0, 0.05) is 0 Å². The molecule has 1 aromatic rings. The van der Waals surface area contributed by atoms with Crippen LogP contribution in [0.15, 0.2) is 18.3 Å². The number of rotatable bonds is 4. The van der Waals surface area contributed by atoms with E-state index < -0.39 is 33.2 Å². The Hall–Kier alpha value is -1.35. The monoisotopic (exact) mass is 299 g/mol. The van der Waals surface area contributed by atoms with Crippen molar-refractivity contribution in [2.45, 2.75) is 18.3 Å². The van der Waals surface area contributed by atoms with Gasteiger partial charge in [0.1, 0.15) is 11.0 Å². The molecule has 0 saturated heterocycles. The maximum Gasteiger partial charge on any atom is 0.393 e. The highest BCUT2D eigenvalue weighted by Crippen LogP contribution is 2.39. The number of alkyl halides is 3. The second kappa shape index (κ2) is 5.33. The molecule has 0 amide bonds. The molecule has 5 nitrogen and oxygen atoms in total. The van der Waals surface area contributed by atoms with Gasteiger partial charge in [-0.25, -0.2) is 0 Å². The second-order valence-electron chi connectivity index (χ2n) is 3.89. The van der Waals surface area contributed by atoms with Gasteiger partial charge in [-0.05, 0) is 12.1 Å². The van der Waals surface area contributed by atoms with E-state index in [1.54, 1.807) is 0 Å². The molecule has 9 heteroatoms. The third kappa shape index (κ3) is 3.80. The molecule has 0 aliphatic carbocycles. The summed E-state index contributed by atoms with van der Waals surface area (Å²) in [4.78, 5) is 3.59. The molecule has 0 saturated carbocycles. The zero-order chi connectivity index (χ0) is 14.8. The SMILES string of the molecule is COc1ccc(C(C(C)C(F)(F)F)S(=O)(=O)O)nc1. The Kier molecular flexibility index (Phi) is 4.41. The standard InChI is InChI=1S/C10H12F3NO4S/c1-6(10(11,12)13)9(19(15,16)17)8-4-3-7(18-2)5-14-8/h3-6,9H,1-2H3,(H,15,16,17). The number of halogens is 3. The highest BCUT2D eigenvalue weighted by Gasteiger charge is 2.47. The van der Waals surface area contributed by atoms with Crippen molar-refractivity contribution >= 4 is 10.1 Å². The van der Waals surface area contributed by atoms with Crippen LogP contribution in [0.4, 0.5) is 13.2 Å². The van der Waals surface area contributed by atoms with E-state index in [1.165, 1.54) is 13.2 Å². The van der Waals surface area contributed by atoms with E-state index in [0.717, 1.165) is 12.3 Å². The van der Waals surface area contributed by atoms with Crippen molar-refractivity contribution in [3.63, 3.8) is 0 Å². The number of ether oxygens (including phenoxy) is 1. The molecule has 1 aromatic heterocycles. The molecule has 19 heavy (non-hydrogen) atoms. The lowest BCUT2D eigenvalue weighted by Gasteiger charge is -2.23. The summed E-state index contributed by atoms with van der Waals surface area (Å²) in [7, 11) is -3.61. The fourth-order valence-corrected chi connectivity index (χ4v) is 2.63. The minimum absolute atomic E-state index is 0.262. The van der Waals surface area contributed by atoms with E-state index in [9.17, 15) is 21.6 Å². The third-order valence-corrected chi connectivity index (χ3v) is 3.87. The van der Waals surface area contributed by atoms with Gasteiger partial charge in [-0.3, -0.25) is 9.54 Å². The summed E-state index contributed by atoms with van der Waals surface area (Å²) in [5.74, 6) is -2.03. The summed E-state index contributed by atoms with van der Waals surface area (Å²) in [6, 6.07) is 2.34. The molecule has 1 N–H and O–H groups in total. The van der Waals surface area contributed by atoms with Gasteiger partial charge < -0.3 is 4.74 Å². The Morgan fingerprint density at radius 2 is 1.95 bits per heavy atom. The smallest absolute Gasteiger partial charge is 0.393 e. The maximum absolute atomic E-state index is 12.6. The first kappa shape index (κ1) is 15.7. The minimum Gasteiger partial charge on any atom is -0.495 e. The lowest BCUT2D eigenvalue weighted by atomic mass is 10.0. The van der Waals surface area contributed by atoms with Crippen LogP contribution in [0.5, 0.6) is 5.75 Å². The van der Waals surface area contributed by atoms with Crippen molar-refractivity contribution < 1.29 is 30.9 Å². The summed E-state index contributed by atoms with van der Waals surface area (Å²) < 4.78 is 74.0. The van der Waals surface area contributed by atoms with Crippen LogP contribution in [0.3, 0.4) is 0 Å². The molecule has 0 fully saturated rings. The summed E-state index contributed by atoms with van der Waals surface area (Å²) in [5, 5.41) is -2.17. The molecule has 0 radical (unpaired) electrons. The molecular weight excluding hydrogens is 287 g/mol. The van der Waals surface area contributed by atoms with Crippen LogP contribution in [-0.2, 0) is 10.1 Å². The topological polar surface area (TPSA) is 76.5 Å². The first-order valence-corrected chi connectivity index (χ1v) is 6.60. The van der Waals surface area contributed by atoms with Crippen molar-refractivity contribution in [2.75, 3.05) is 7.11 Å². The molecule has 0 spiro atoms. The normalized spacial score (nSPS) is 15.9. The number of aromatic nitrogens is 1. The molecule has 0 aliphatic heterocycles. The number of nitrogens with zero attached hydrogens (tertiary/aromatic N) is 1. The summed E-state index contributed by atoms with van der Waals surface area (Å²) in [5.41, 5.74) is -0.395. The fraction of sp³-hybridized carbons (Fsp3) is 0.500. The largest absolute Gasteiger partial charge is 0.495 e. The summed E-state index contributed by atoms with van der Waals surface area (Å²) in [6.07, 6.45) is -3.70. The van der Waals surface area contributed by atoms with Gasteiger partial charge in [0.25, 0.3) is 10.1 Å². The van der Waals surface area contributed by atoms with Gasteiger partial charge >= 0.3 is 6.18 Å². The average molecular weight is 299 g/mol. The molecule has 0 aromatic carbocycles. The zero-order valence-electron chi connectivity index (χ0n) is 10.0. The van der Waals surface area contributed by atoms with Crippen molar-refractivity contribution in [3.05, 3.63) is 24.0 Å². The Morgan fingerprint density at radius 3 is 2.26 bits per heavy atom. The molecule has 1 rings (SSSR count). The molecular formula is C10H12F3NO4S. The van der Waals surface area contributed by atoms with E-state index >= 15 is 0 Å². The predicted octanol–water partition coefficient (Wildman–Crippen LogP) is 2.22. The fourth-order valence-electron chi connectivity index (χ4n) is 1.52. The van der Waals surface area contributed by atoms with Gasteiger partial charge in [0.05, 0.1) is 24.9 Å². The van der Waals surface area contributed by atoms with E-state index in [0.29, 0.717) is 6.92 Å². The molecule has 0 aliphatic rings. The van der Waals surface area contributed by atoms with Crippen LogP contribution >= 0.6 is 0 Å². The number of pyridine rings is 1. The maximum atomic E-state index is 12.6. The lowest BCUT2D eigenvalue weighted by Crippen LogP contribution is -2.31. The van der Waals surface area contributed by atoms with E-state index in [1.807, 2.05) is 0 Å². The molecule has 0 bridgehead atoms. The van der Waals surface area contributed by atoms with Gasteiger partial charge in [-0.1, -0.05) is 6.92 Å². The van der Waals surface area contributed by atoms with E-state index in [2.05, 4.69) is 4.98 Å². The summed E-state index contributed by atoms with van der Waals surface area (Å²) in [6.45, 7) is 0.671.